The molecule has 1 fully saturated rings. The van der Waals surface area contributed by atoms with Crippen LogP contribution in [0.5, 0.6) is 5.75 Å². The van der Waals surface area contributed by atoms with Gasteiger partial charge >= 0.3 is 0 Å². The molecule has 24 heavy (non-hydrogen) atoms. The number of ether oxygens (including phenoxy) is 1. The van der Waals surface area contributed by atoms with Crippen molar-refractivity contribution in [2.75, 3.05) is 20.2 Å². The molecule has 1 aliphatic rings. The van der Waals surface area contributed by atoms with Crippen molar-refractivity contribution in [2.24, 2.45) is 5.92 Å². The van der Waals surface area contributed by atoms with E-state index in [0.717, 1.165) is 31.5 Å². The minimum Gasteiger partial charge on any atom is -0.496 e. The number of aliphatic hydroxyl groups is 1. The van der Waals surface area contributed by atoms with Crippen molar-refractivity contribution in [1.29, 1.82) is 0 Å². The van der Waals surface area contributed by atoms with Crippen molar-refractivity contribution in [2.45, 2.75) is 32.5 Å². The standard InChI is InChI=1S/C17H23N3O3S/c1-12(21)13-7-9-19(10-8-13)11-20-17(24)23-16(18-20)14-5-3-4-6-15(14)22-2/h3-6,12-13,21H,7-11H2,1-2H3/t12-/m1/s1. The summed E-state index contributed by atoms with van der Waals surface area (Å²) in [5.74, 6) is 1.56. The third kappa shape index (κ3) is 3.68. The van der Waals surface area contributed by atoms with Crippen LogP contribution >= 0.6 is 12.2 Å². The number of methoxy groups -OCH3 is 1. The van der Waals surface area contributed by atoms with E-state index in [1.54, 1.807) is 11.8 Å². The summed E-state index contributed by atoms with van der Waals surface area (Å²) < 4.78 is 12.7. The van der Waals surface area contributed by atoms with Crippen LogP contribution in [0.25, 0.3) is 11.5 Å². The predicted molar refractivity (Wildman–Crippen MR) is 93.3 cm³/mol. The topological polar surface area (TPSA) is 63.7 Å². The molecule has 0 bridgehead atoms. The van der Waals surface area contributed by atoms with Crippen LogP contribution in [-0.4, -0.2) is 46.1 Å². The third-order valence-corrected chi connectivity index (χ3v) is 4.89. The minimum absolute atomic E-state index is 0.237. The molecule has 1 saturated heterocycles. The number of benzene rings is 1. The lowest BCUT2D eigenvalue weighted by Crippen LogP contribution is -2.38. The fraction of sp³-hybridized carbons (Fsp3) is 0.529. The van der Waals surface area contributed by atoms with Crippen molar-refractivity contribution in [3.05, 3.63) is 29.1 Å². The van der Waals surface area contributed by atoms with Gasteiger partial charge in [0.1, 0.15) is 5.75 Å². The smallest absolute Gasteiger partial charge is 0.288 e. The van der Waals surface area contributed by atoms with Crippen LogP contribution in [0, 0.1) is 10.8 Å². The Hall–Kier alpha value is -1.70. The highest BCUT2D eigenvalue weighted by Gasteiger charge is 2.23. The summed E-state index contributed by atoms with van der Waals surface area (Å²) in [4.78, 5) is 2.64. The Morgan fingerprint density at radius 2 is 2.08 bits per heavy atom. The van der Waals surface area contributed by atoms with Crippen LogP contribution in [0.3, 0.4) is 0 Å². The first-order valence-electron chi connectivity index (χ1n) is 8.20. The first kappa shape index (κ1) is 17.1. The van der Waals surface area contributed by atoms with E-state index < -0.39 is 0 Å². The zero-order valence-electron chi connectivity index (χ0n) is 14.0. The van der Waals surface area contributed by atoms with Crippen LogP contribution in [0.15, 0.2) is 28.7 Å². The molecular formula is C17H23N3O3S. The first-order chi connectivity index (χ1) is 11.6. The molecule has 1 aromatic heterocycles. The SMILES string of the molecule is COc1ccccc1-c1nn(CN2CCC([C@@H](C)O)CC2)c(=S)o1. The third-order valence-electron chi connectivity index (χ3n) is 4.59. The number of piperidine rings is 1. The molecule has 1 N–H and O–H groups in total. The summed E-state index contributed by atoms with van der Waals surface area (Å²) in [7, 11) is 1.62. The zero-order valence-corrected chi connectivity index (χ0v) is 14.8. The van der Waals surface area contributed by atoms with E-state index in [-0.39, 0.29) is 6.10 Å². The maximum Gasteiger partial charge on any atom is 0.288 e. The van der Waals surface area contributed by atoms with Gasteiger partial charge in [-0.15, -0.1) is 5.10 Å². The molecule has 0 radical (unpaired) electrons. The molecule has 2 aromatic rings. The first-order valence-corrected chi connectivity index (χ1v) is 8.61. The molecule has 0 aliphatic carbocycles. The van der Waals surface area contributed by atoms with Gasteiger partial charge < -0.3 is 14.3 Å². The molecule has 2 heterocycles. The fourth-order valence-corrected chi connectivity index (χ4v) is 3.27. The van der Waals surface area contributed by atoms with E-state index in [0.29, 0.717) is 29.1 Å². The second kappa shape index (κ2) is 7.46. The van der Waals surface area contributed by atoms with E-state index in [1.165, 1.54) is 0 Å². The van der Waals surface area contributed by atoms with E-state index in [1.807, 2.05) is 31.2 Å². The van der Waals surface area contributed by atoms with Gasteiger partial charge in [-0.2, -0.15) is 0 Å². The summed E-state index contributed by atoms with van der Waals surface area (Å²) in [5, 5.41) is 14.2. The number of nitrogens with zero attached hydrogens (tertiary/aromatic N) is 3. The highest BCUT2D eigenvalue weighted by Crippen LogP contribution is 2.28. The fourth-order valence-electron chi connectivity index (χ4n) is 3.09. The van der Waals surface area contributed by atoms with Gasteiger partial charge in [-0.05, 0) is 50.0 Å². The molecule has 7 heteroatoms. The maximum atomic E-state index is 9.70. The Morgan fingerprint density at radius 3 is 2.75 bits per heavy atom. The number of rotatable bonds is 5. The number of para-hydroxylation sites is 1. The molecule has 3 rings (SSSR count). The molecule has 0 spiro atoms. The maximum absolute atomic E-state index is 9.70. The monoisotopic (exact) mass is 349 g/mol. The summed E-state index contributed by atoms with van der Waals surface area (Å²) in [6.07, 6.45) is 1.74. The van der Waals surface area contributed by atoms with E-state index in [2.05, 4.69) is 10.00 Å². The lowest BCUT2D eigenvalue weighted by atomic mass is 9.92. The molecule has 130 valence electrons. The van der Waals surface area contributed by atoms with Crippen LogP contribution < -0.4 is 4.74 Å². The van der Waals surface area contributed by atoms with E-state index >= 15 is 0 Å². The summed E-state index contributed by atoms with van der Waals surface area (Å²) in [6, 6.07) is 7.59. The predicted octanol–water partition coefficient (Wildman–Crippen LogP) is 2.93. The lowest BCUT2D eigenvalue weighted by Gasteiger charge is -2.32. The number of likely N-dealkylation sites (tertiary alicyclic amines) is 1. The van der Waals surface area contributed by atoms with Gasteiger partial charge in [0.2, 0.25) is 0 Å². The summed E-state index contributed by atoms with van der Waals surface area (Å²) in [5.41, 5.74) is 0.790. The summed E-state index contributed by atoms with van der Waals surface area (Å²) >= 11 is 5.31. The molecule has 0 amide bonds. The van der Waals surface area contributed by atoms with Crippen molar-refractivity contribution < 1.29 is 14.3 Å². The molecule has 0 unspecified atom stereocenters. The Bertz CT molecular complexity index is 733. The van der Waals surface area contributed by atoms with Crippen LogP contribution in [0.1, 0.15) is 19.8 Å². The molecule has 1 aliphatic heterocycles. The van der Waals surface area contributed by atoms with Gasteiger partial charge in [0.05, 0.1) is 25.4 Å². The largest absolute Gasteiger partial charge is 0.496 e. The molecule has 0 saturated carbocycles. The highest BCUT2D eigenvalue weighted by atomic mass is 32.1. The van der Waals surface area contributed by atoms with Crippen LogP contribution in [0.4, 0.5) is 0 Å². The Labute approximate surface area is 146 Å². The normalized spacial score (nSPS) is 17.8. The van der Waals surface area contributed by atoms with Crippen molar-refractivity contribution in [1.82, 2.24) is 14.7 Å². The number of hydrogen-bond acceptors (Lipinski definition) is 6. The van der Waals surface area contributed by atoms with Crippen molar-refractivity contribution >= 4 is 12.2 Å². The van der Waals surface area contributed by atoms with Crippen molar-refractivity contribution in [3.8, 4) is 17.2 Å². The Balaban J connectivity index is 1.72. The Morgan fingerprint density at radius 1 is 1.38 bits per heavy atom. The Kier molecular flexibility index (Phi) is 5.33. The van der Waals surface area contributed by atoms with Gasteiger partial charge in [-0.3, -0.25) is 4.90 Å². The van der Waals surface area contributed by atoms with Crippen LogP contribution in [-0.2, 0) is 6.67 Å². The molecule has 1 atom stereocenters. The molecule has 6 nitrogen and oxygen atoms in total. The van der Waals surface area contributed by atoms with Crippen LogP contribution in [0.2, 0.25) is 0 Å². The van der Waals surface area contributed by atoms with Gasteiger partial charge in [-0.25, -0.2) is 4.68 Å². The minimum atomic E-state index is -0.237. The average molecular weight is 349 g/mol. The number of aliphatic hydroxyl groups excluding tert-OH is 1. The van der Waals surface area contributed by atoms with E-state index in [4.69, 9.17) is 21.4 Å². The number of hydrogen-bond donors (Lipinski definition) is 1. The lowest BCUT2D eigenvalue weighted by molar-refractivity contribution is 0.0588. The quantitative estimate of drug-likeness (QED) is 0.838. The van der Waals surface area contributed by atoms with Gasteiger partial charge in [0, 0.05) is 13.1 Å². The van der Waals surface area contributed by atoms with Crippen molar-refractivity contribution in [3.63, 3.8) is 0 Å². The zero-order chi connectivity index (χ0) is 17.1. The van der Waals surface area contributed by atoms with Gasteiger partial charge in [-0.1, -0.05) is 12.1 Å². The average Bonchev–Trinajstić information content (AvgIpc) is 2.96. The second-order valence-electron chi connectivity index (χ2n) is 6.21. The van der Waals surface area contributed by atoms with Gasteiger partial charge in [0.15, 0.2) is 0 Å². The second-order valence-corrected chi connectivity index (χ2v) is 6.56. The summed E-state index contributed by atoms with van der Waals surface area (Å²) in [6.45, 7) is 4.32. The van der Waals surface area contributed by atoms with Gasteiger partial charge in [0.25, 0.3) is 10.7 Å². The number of aromatic nitrogens is 2. The highest BCUT2D eigenvalue weighted by molar-refractivity contribution is 7.71. The van der Waals surface area contributed by atoms with E-state index in [9.17, 15) is 5.11 Å². The molecular weight excluding hydrogens is 326 g/mol. The molecule has 1 aromatic carbocycles.